The van der Waals surface area contributed by atoms with Crippen LogP contribution in [-0.2, 0) is 11.3 Å². The molecule has 0 spiro atoms. The van der Waals surface area contributed by atoms with Crippen molar-refractivity contribution in [2.24, 2.45) is 0 Å². The van der Waals surface area contributed by atoms with Crippen LogP contribution in [0.5, 0.6) is 0 Å². The monoisotopic (exact) mass is 297 g/mol. The zero-order chi connectivity index (χ0) is 14.1. The predicted octanol–water partition coefficient (Wildman–Crippen LogP) is 3.80. The van der Waals surface area contributed by atoms with E-state index in [-0.39, 0.29) is 0 Å². The van der Waals surface area contributed by atoms with Gasteiger partial charge in [0.25, 0.3) is 0 Å². The molecule has 2 aliphatic rings. The van der Waals surface area contributed by atoms with Gasteiger partial charge in [0.05, 0.1) is 19.3 Å². The lowest BCUT2D eigenvalue weighted by molar-refractivity contribution is -0.0402. The number of morpholine rings is 1. The molecule has 2 aromatic rings. The van der Waals surface area contributed by atoms with Crippen molar-refractivity contribution < 1.29 is 4.74 Å². The molecule has 1 fully saturated rings. The Hall–Kier alpha value is -1.42. The Bertz CT molecular complexity index is 620. The van der Waals surface area contributed by atoms with E-state index in [1.54, 1.807) is 0 Å². The van der Waals surface area contributed by atoms with E-state index < -0.39 is 0 Å². The van der Waals surface area contributed by atoms with Crippen LogP contribution in [0, 0.1) is 0 Å². The van der Waals surface area contributed by atoms with Gasteiger partial charge in [-0.2, -0.15) is 0 Å². The molecule has 3 heterocycles. The summed E-state index contributed by atoms with van der Waals surface area (Å²) in [5.74, 6) is 0. The van der Waals surface area contributed by atoms with Gasteiger partial charge in [-0.3, -0.25) is 4.90 Å². The molecule has 1 aromatic carbocycles. The minimum atomic E-state index is 0.412. The molecule has 108 valence electrons. The number of nitrogens with zero attached hydrogens (tertiary/aromatic N) is 1. The molecule has 0 N–H and O–H groups in total. The lowest BCUT2D eigenvalue weighted by Crippen LogP contribution is -2.53. The third kappa shape index (κ3) is 2.69. The Labute approximate surface area is 129 Å². The van der Waals surface area contributed by atoms with Crippen molar-refractivity contribution in [1.82, 2.24) is 4.90 Å². The molecule has 3 heteroatoms. The number of rotatable bonds is 3. The second-order valence-electron chi connectivity index (χ2n) is 5.79. The molecule has 0 saturated carbocycles. The summed E-state index contributed by atoms with van der Waals surface area (Å²) in [5.41, 5.74) is 2.90. The molecule has 0 amide bonds. The molecular weight excluding hydrogens is 278 g/mol. The standard InChI is InChI=1S/C18H19NOS/c1-2-5-14(6-3-1)11-19-16-9-15(18-7-4-8-21-18)10-17(19)13-20-12-16/h1-9,16-17H,10-13H2. The summed E-state index contributed by atoms with van der Waals surface area (Å²) in [6.45, 7) is 2.69. The first-order valence-corrected chi connectivity index (χ1v) is 8.40. The zero-order valence-corrected chi connectivity index (χ0v) is 12.8. The Morgan fingerprint density at radius 2 is 2.00 bits per heavy atom. The molecule has 0 radical (unpaired) electrons. The van der Waals surface area contributed by atoms with E-state index in [1.165, 1.54) is 16.0 Å². The van der Waals surface area contributed by atoms with E-state index in [0.717, 1.165) is 26.2 Å². The Morgan fingerprint density at radius 3 is 2.76 bits per heavy atom. The summed E-state index contributed by atoms with van der Waals surface area (Å²) in [6.07, 6.45) is 3.52. The molecule has 2 atom stereocenters. The smallest absolute Gasteiger partial charge is 0.0658 e. The van der Waals surface area contributed by atoms with Gasteiger partial charge in [-0.15, -0.1) is 11.3 Å². The van der Waals surface area contributed by atoms with Gasteiger partial charge in [0, 0.05) is 17.5 Å². The molecule has 0 aliphatic carbocycles. The maximum Gasteiger partial charge on any atom is 0.0658 e. The Balaban J connectivity index is 1.59. The largest absolute Gasteiger partial charge is 0.378 e. The van der Waals surface area contributed by atoms with E-state index in [2.05, 4.69) is 58.8 Å². The number of hydrogen-bond donors (Lipinski definition) is 0. The first kappa shape index (κ1) is 13.3. The second kappa shape index (κ2) is 5.76. The summed E-state index contributed by atoms with van der Waals surface area (Å²) in [6, 6.07) is 16.1. The van der Waals surface area contributed by atoms with E-state index >= 15 is 0 Å². The SMILES string of the molecule is C1=C(c2cccs2)CC2COCC1N2Cc1ccccc1. The quantitative estimate of drug-likeness (QED) is 0.854. The van der Waals surface area contributed by atoms with Crippen molar-refractivity contribution in [2.45, 2.75) is 25.0 Å². The molecule has 2 nitrogen and oxygen atoms in total. The number of ether oxygens (including phenoxy) is 1. The van der Waals surface area contributed by atoms with E-state index in [4.69, 9.17) is 4.74 Å². The van der Waals surface area contributed by atoms with Gasteiger partial charge in [0.1, 0.15) is 0 Å². The first-order chi connectivity index (χ1) is 10.4. The average Bonchev–Trinajstić information content (AvgIpc) is 3.02. The third-order valence-corrected chi connectivity index (χ3v) is 5.33. The van der Waals surface area contributed by atoms with Gasteiger partial charge >= 0.3 is 0 Å². The molecule has 2 bridgehead atoms. The first-order valence-electron chi connectivity index (χ1n) is 7.52. The van der Waals surface area contributed by atoms with E-state index in [0.29, 0.717) is 12.1 Å². The highest BCUT2D eigenvalue weighted by Crippen LogP contribution is 2.35. The highest BCUT2D eigenvalue weighted by atomic mass is 32.1. The van der Waals surface area contributed by atoms with E-state index in [1.807, 2.05) is 11.3 Å². The van der Waals surface area contributed by atoms with Crippen molar-refractivity contribution in [3.05, 3.63) is 64.4 Å². The van der Waals surface area contributed by atoms with Crippen LogP contribution in [0.25, 0.3) is 5.57 Å². The number of hydrogen-bond acceptors (Lipinski definition) is 3. The lowest BCUT2D eigenvalue weighted by Gasteiger charge is -2.44. The number of thiophene rings is 1. The fourth-order valence-corrected chi connectivity index (χ4v) is 4.11. The highest BCUT2D eigenvalue weighted by molar-refractivity contribution is 7.11. The van der Waals surface area contributed by atoms with Crippen molar-refractivity contribution in [2.75, 3.05) is 13.2 Å². The maximum absolute atomic E-state index is 5.79. The summed E-state index contributed by atoms with van der Waals surface area (Å²) in [5, 5.41) is 2.17. The Kier molecular flexibility index (Phi) is 3.63. The number of benzene rings is 1. The van der Waals surface area contributed by atoms with Crippen LogP contribution in [-0.4, -0.2) is 30.2 Å². The molecular formula is C18H19NOS. The van der Waals surface area contributed by atoms with Gasteiger partial charge in [-0.05, 0) is 29.0 Å². The average molecular weight is 297 g/mol. The lowest BCUT2D eigenvalue weighted by atomic mass is 9.92. The highest BCUT2D eigenvalue weighted by Gasteiger charge is 2.34. The van der Waals surface area contributed by atoms with Gasteiger partial charge in [-0.25, -0.2) is 0 Å². The van der Waals surface area contributed by atoms with Gasteiger partial charge in [0.15, 0.2) is 0 Å². The van der Waals surface area contributed by atoms with Crippen LogP contribution in [0.3, 0.4) is 0 Å². The van der Waals surface area contributed by atoms with Crippen molar-refractivity contribution in [3.8, 4) is 0 Å². The zero-order valence-electron chi connectivity index (χ0n) is 11.9. The van der Waals surface area contributed by atoms with Gasteiger partial charge in [-0.1, -0.05) is 42.5 Å². The van der Waals surface area contributed by atoms with Crippen molar-refractivity contribution in [3.63, 3.8) is 0 Å². The van der Waals surface area contributed by atoms with Crippen molar-refractivity contribution >= 4 is 16.9 Å². The third-order valence-electron chi connectivity index (χ3n) is 4.39. The summed E-state index contributed by atoms with van der Waals surface area (Å²) in [7, 11) is 0. The fourth-order valence-electron chi connectivity index (χ4n) is 3.35. The molecule has 4 rings (SSSR count). The Morgan fingerprint density at radius 1 is 1.10 bits per heavy atom. The maximum atomic E-state index is 5.79. The van der Waals surface area contributed by atoms with Crippen LogP contribution in [0.4, 0.5) is 0 Å². The predicted molar refractivity (Wildman–Crippen MR) is 87.3 cm³/mol. The number of fused-ring (bicyclic) bond motifs is 2. The van der Waals surface area contributed by atoms with Crippen LogP contribution in [0.2, 0.25) is 0 Å². The van der Waals surface area contributed by atoms with Crippen LogP contribution in [0.1, 0.15) is 16.9 Å². The van der Waals surface area contributed by atoms with Crippen LogP contribution >= 0.6 is 11.3 Å². The van der Waals surface area contributed by atoms with Gasteiger partial charge < -0.3 is 4.74 Å². The summed E-state index contributed by atoms with van der Waals surface area (Å²) >= 11 is 1.85. The summed E-state index contributed by atoms with van der Waals surface area (Å²) < 4.78 is 5.79. The van der Waals surface area contributed by atoms with Crippen molar-refractivity contribution in [1.29, 1.82) is 0 Å². The summed E-state index contributed by atoms with van der Waals surface area (Å²) in [4.78, 5) is 4.03. The van der Waals surface area contributed by atoms with Crippen LogP contribution < -0.4 is 0 Å². The molecule has 21 heavy (non-hydrogen) atoms. The fraction of sp³-hybridized carbons (Fsp3) is 0.333. The van der Waals surface area contributed by atoms with Gasteiger partial charge in [0.2, 0.25) is 0 Å². The second-order valence-corrected chi connectivity index (χ2v) is 6.74. The molecule has 1 aromatic heterocycles. The van der Waals surface area contributed by atoms with E-state index in [9.17, 15) is 0 Å². The minimum absolute atomic E-state index is 0.412. The topological polar surface area (TPSA) is 12.5 Å². The molecule has 2 aliphatic heterocycles. The van der Waals surface area contributed by atoms with Crippen LogP contribution in [0.15, 0.2) is 53.9 Å². The normalized spacial score (nSPS) is 25.6. The molecule has 2 unspecified atom stereocenters. The minimum Gasteiger partial charge on any atom is -0.378 e. The molecule has 1 saturated heterocycles.